The molecule has 10 heteroatoms. The second-order valence-corrected chi connectivity index (χ2v) is 8.19. The van der Waals surface area contributed by atoms with E-state index in [2.05, 4.69) is 20.7 Å². The molecule has 1 amide bonds. The third-order valence-corrected chi connectivity index (χ3v) is 5.94. The Bertz CT molecular complexity index is 1350. The van der Waals surface area contributed by atoms with E-state index in [1.54, 1.807) is 35.3 Å². The summed E-state index contributed by atoms with van der Waals surface area (Å²) in [7, 11) is 3.23. The molecule has 0 aliphatic carbocycles. The van der Waals surface area contributed by atoms with Crippen molar-refractivity contribution in [3.63, 3.8) is 0 Å². The number of ether oxygens (including phenoxy) is 2. The number of aryl methyl sites for hydroxylation is 1. The van der Waals surface area contributed by atoms with Crippen molar-refractivity contribution < 1.29 is 18.7 Å². The standard InChI is InChI=1S/C25H25FN6O3/c1-31-13-9-21(30-31)35-15-17-8-12-28-25(33)23-22(29-20-5-3-4-19(26)24(20)34-2)18(14-32(17)23)16-6-10-27-11-7-16/h3-7,9-11,13-14,17,29H,8,12,15H2,1-2H3,(H,28,33)/t17-/m1/s1. The van der Waals surface area contributed by atoms with Gasteiger partial charge in [-0.1, -0.05) is 6.07 Å². The highest BCUT2D eigenvalue weighted by Crippen LogP contribution is 2.40. The Morgan fingerprint density at radius 1 is 1.23 bits per heavy atom. The van der Waals surface area contributed by atoms with E-state index in [0.29, 0.717) is 42.5 Å². The summed E-state index contributed by atoms with van der Waals surface area (Å²) in [4.78, 5) is 17.4. The second-order valence-electron chi connectivity index (χ2n) is 8.19. The lowest BCUT2D eigenvalue weighted by Gasteiger charge is -2.18. The van der Waals surface area contributed by atoms with Crippen LogP contribution in [0.25, 0.3) is 11.1 Å². The highest BCUT2D eigenvalue weighted by Gasteiger charge is 2.30. The monoisotopic (exact) mass is 476 g/mol. The molecule has 5 rings (SSSR count). The maximum Gasteiger partial charge on any atom is 0.270 e. The predicted molar refractivity (Wildman–Crippen MR) is 129 cm³/mol. The molecule has 1 atom stereocenters. The molecule has 180 valence electrons. The van der Waals surface area contributed by atoms with E-state index in [1.807, 2.05) is 36.1 Å². The summed E-state index contributed by atoms with van der Waals surface area (Å²) in [5, 5.41) is 10.5. The molecule has 0 saturated heterocycles. The number of anilines is 2. The van der Waals surface area contributed by atoms with Crippen LogP contribution in [-0.2, 0) is 7.05 Å². The number of pyridine rings is 1. The van der Waals surface area contributed by atoms with Crippen LogP contribution in [0.1, 0.15) is 23.0 Å². The molecule has 1 aliphatic rings. The zero-order chi connectivity index (χ0) is 24.4. The van der Waals surface area contributed by atoms with Crippen LogP contribution >= 0.6 is 0 Å². The summed E-state index contributed by atoms with van der Waals surface area (Å²) in [6.45, 7) is 0.816. The van der Waals surface area contributed by atoms with Crippen LogP contribution in [-0.4, -0.2) is 45.5 Å². The van der Waals surface area contributed by atoms with Gasteiger partial charge in [-0.3, -0.25) is 14.5 Å². The average Bonchev–Trinajstić information content (AvgIpc) is 3.41. The number of aromatic nitrogens is 4. The first kappa shape index (κ1) is 22.5. The van der Waals surface area contributed by atoms with Gasteiger partial charge in [0.15, 0.2) is 11.6 Å². The number of nitrogens with zero attached hydrogens (tertiary/aromatic N) is 4. The molecule has 0 saturated carbocycles. The Hall–Kier alpha value is -4.34. The second kappa shape index (κ2) is 9.49. The fraction of sp³-hybridized carbons (Fsp3) is 0.240. The number of carbonyl (C=O) groups is 1. The van der Waals surface area contributed by atoms with Gasteiger partial charge in [0, 0.05) is 50.0 Å². The minimum atomic E-state index is -0.501. The lowest BCUT2D eigenvalue weighted by atomic mass is 10.1. The van der Waals surface area contributed by atoms with Gasteiger partial charge in [0.1, 0.15) is 12.3 Å². The first-order valence-corrected chi connectivity index (χ1v) is 11.2. The normalized spacial score (nSPS) is 15.2. The van der Waals surface area contributed by atoms with E-state index in [1.165, 1.54) is 13.2 Å². The number of methoxy groups -OCH3 is 1. The van der Waals surface area contributed by atoms with E-state index in [9.17, 15) is 9.18 Å². The Morgan fingerprint density at radius 2 is 2.06 bits per heavy atom. The quantitative estimate of drug-likeness (QED) is 0.420. The molecule has 9 nitrogen and oxygen atoms in total. The van der Waals surface area contributed by atoms with E-state index in [0.717, 1.165) is 11.1 Å². The number of amides is 1. The molecule has 0 bridgehead atoms. The molecule has 4 heterocycles. The van der Waals surface area contributed by atoms with Gasteiger partial charge in [-0.05, 0) is 36.2 Å². The number of para-hydroxylation sites is 1. The first-order chi connectivity index (χ1) is 17.0. The van der Waals surface area contributed by atoms with Gasteiger partial charge in [0.2, 0.25) is 5.88 Å². The largest absolute Gasteiger partial charge is 0.492 e. The van der Waals surface area contributed by atoms with Crippen LogP contribution in [0.2, 0.25) is 0 Å². The number of rotatable bonds is 7. The fourth-order valence-electron chi connectivity index (χ4n) is 4.26. The molecule has 2 N–H and O–H groups in total. The summed E-state index contributed by atoms with van der Waals surface area (Å²) in [6.07, 6.45) is 7.78. The van der Waals surface area contributed by atoms with E-state index < -0.39 is 5.82 Å². The molecule has 1 aliphatic heterocycles. The number of halogens is 1. The molecule has 0 spiro atoms. The molecule has 35 heavy (non-hydrogen) atoms. The van der Waals surface area contributed by atoms with Gasteiger partial charge >= 0.3 is 0 Å². The predicted octanol–water partition coefficient (Wildman–Crippen LogP) is 3.93. The highest BCUT2D eigenvalue weighted by molar-refractivity contribution is 6.04. The van der Waals surface area contributed by atoms with Crippen LogP contribution in [0.15, 0.2) is 61.2 Å². The van der Waals surface area contributed by atoms with Crippen molar-refractivity contribution in [2.24, 2.45) is 7.05 Å². The summed E-state index contributed by atoms with van der Waals surface area (Å²) >= 11 is 0. The lowest BCUT2D eigenvalue weighted by Crippen LogP contribution is -2.23. The third kappa shape index (κ3) is 4.42. The van der Waals surface area contributed by atoms with Crippen LogP contribution < -0.4 is 20.1 Å². The minimum absolute atomic E-state index is 0.0668. The number of carbonyl (C=O) groups excluding carboxylic acids is 1. The van der Waals surface area contributed by atoms with Crippen molar-refractivity contribution in [2.75, 3.05) is 25.6 Å². The van der Waals surface area contributed by atoms with Gasteiger partial charge in [0.05, 0.1) is 24.5 Å². The van der Waals surface area contributed by atoms with Crippen LogP contribution in [0.3, 0.4) is 0 Å². The Balaban J connectivity index is 1.61. The smallest absolute Gasteiger partial charge is 0.270 e. The van der Waals surface area contributed by atoms with Crippen LogP contribution in [0, 0.1) is 5.82 Å². The molecule has 1 aromatic carbocycles. The van der Waals surface area contributed by atoms with Crippen molar-refractivity contribution in [3.05, 3.63) is 72.7 Å². The van der Waals surface area contributed by atoms with Crippen molar-refractivity contribution in [1.82, 2.24) is 24.6 Å². The first-order valence-electron chi connectivity index (χ1n) is 11.2. The maximum absolute atomic E-state index is 14.4. The van der Waals surface area contributed by atoms with E-state index >= 15 is 0 Å². The van der Waals surface area contributed by atoms with Gasteiger partial charge in [-0.15, -0.1) is 5.10 Å². The molecule has 0 fully saturated rings. The Morgan fingerprint density at radius 3 is 2.80 bits per heavy atom. The van der Waals surface area contributed by atoms with Crippen LogP contribution in [0.5, 0.6) is 11.6 Å². The topological polar surface area (TPSA) is 95.2 Å². The van der Waals surface area contributed by atoms with Gasteiger partial charge in [-0.25, -0.2) is 4.39 Å². The van der Waals surface area contributed by atoms with Crippen molar-refractivity contribution in [2.45, 2.75) is 12.5 Å². The zero-order valence-electron chi connectivity index (χ0n) is 19.4. The van der Waals surface area contributed by atoms with Gasteiger partial charge < -0.3 is 24.7 Å². The molecule has 0 radical (unpaired) electrons. The number of nitrogens with one attached hydrogen (secondary N) is 2. The summed E-state index contributed by atoms with van der Waals surface area (Å²) < 4.78 is 29.3. The number of fused-ring (bicyclic) bond motifs is 1. The van der Waals surface area contributed by atoms with Crippen LogP contribution in [0.4, 0.5) is 15.8 Å². The average molecular weight is 477 g/mol. The van der Waals surface area contributed by atoms with E-state index in [4.69, 9.17) is 9.47 Å². The molecule has 4 aromatic rings. The highest BCUT2D eigenvalue weighted by atomic mass is 19.1. The van der Waals surface area contributed by atoms with Crippen molar-refractivity contribution in [1.29, 1.82) is 0 Å². The zero-order valence-corrected chi connectivity index (χ0v) is 19.4. The van der Waals surface area contributed by atoms with Crippen molar-refractivity contribution in [3.8, 4) is 22.8 Å². The molecular formula is C25H25FN6O3. The molecule has 3 aromatic heterocycles. The van der Waals surface area contributed by atoms with Crippen molar-refractivity contribution >= 4 is 17.3 Å². The third-order valence-electron chi connectivity index (χ3n) is 5.94. The summed E-state index contributed by atoms with van der Waals surface area (Å²) in [5.74, 6) is -0.151. The number of benzene rings is 1. The molecular weight excluding hydrogens is 451 g/mol. The minimum Gasteiger partial charge on any atom is -0.492 e. The van der Waals surface area contributed by atoms with Gasteiger partial charge in [0.25, 0.3) is 5.91 Å². The maximum atomic E-state index is 14.4. The number of hydrogen-bond donors (Lipinski definition) is 2. The SMILES string of the molecule is COc1c(F)cccc1Nc1c(-c2ccncc2)cn2c1C(=O)NCC[C@@H]2COc1ccn(C)n1. The summed E-state index contributed by atoms with van der Waals surface area (Å²) in [6, 6.07) is 10.00. The van der Waals surface area contributed by atoms with E-state index in [-0.39, 0.29) is 17.7 Å². The lowest BCUT2D eigenvalue weighted by molar-refractivity contribution is 0.0952. The summed E-state index contributed by atoms with van der Waals surface area (Å²) in [5.41, 5.74) is 3.01. The Labute approximate surface area is 201 Å². The van der Waals surface area contributed by atoms with Gasteiger partial charge in [-0.2, -0.15) is 0 Å². The number of hydrogen-bond acceptors (Lipinski definition) is 6. The fourth-order valence-corrected chi connectivity index (χ4v) is 4.26. The molecule has 0 unspecified atom stereocenters. The Kier molecular flexibility index (Phi) is 6.09.